The van der Waals surface area contributed by atoms with E-state index < -0.39 is 10.0 Å². The lowest BCUT2D eigenvalue weighted by Crippen LogP contribution is -2.44. The molecule has 8 heteroatoms. The van der Waals surface area contributed by atoms with Crippen LogP contribution in [0.5, 0.6) is 0 Å². The fourth-order valence-corrected chi connectivity index (χ4v) is 4.63. The number of nitrogens with one attached hydrogen (secondary N) is 1. The molecule has 0 amide bonds. The minimum absolute atomic E-state index is 0.255. The topological polar surface area (TPSA) is 78.4 Å². The predicted molar refractivity (Wildman–Crippen MR) is 124 cm³/mol. The van der Waals surface area contributed by atoms with E-state index in [9.17, 15) is 8.42 Å². The molecule has 0 bridgehead atoms. The van der Waals surface area contributed by atoms with E-state index in [2.05, 4.69) is 31.8 Å². The van der Waals surface area contributed by atoms with Crippen LogP contribution in [0.25, 0.3) is 11.3 Å². The van der Waals surface area contributed by atoms with E-state index in [1.165, 1.54) is 0 Å². The molecule has 1 aliphatic heterocycles. The molecule has 7 nitrogen and oxygen atoms in total. The van der Waals surface area contributed by atoms with Gasteiger partial charge in [0.15, 0.2) is 5.82 Å². The highest BCUT2D eigenvalue weighted by atomic mass is 32.2. The SMILES string of the molecule is Cc1ccc(S(=O)(=O)Nc2ccc(-c3ccc(N4CCN(C)CC4)nn3)cc2)cc1C. The molecule has 1 saturated heterocycles. The van der Waals surface area contributed by atoms with Crippen LogP contribution >= 0.6 is 0 Å². The summed E-state index contributed by atoms with van der Waals surface area (Å²) < 4.78 is 28.0. The van der Waals surface area contributed by atoms with E-state index in [1.54, 1.807) is 24.3 Å². The number of piperazine rings is 1. The smallest absolute Gasteiger partial charge is 0.261 e. The van der Waals surface area contributed by atoms with Gasteiger partial charge in [-0.3, -0.25) is 4.72 Å². The average molecular weight is 438 g/mol. The van der Waals surface area contributed by atoms with Crippen LogP contribution in [0.4, 0.5) is 11.5 Å². The number of hydrogen-bond donors (Lipinski definition) is 1. The van der Waals surface area contributed by atoms with Crippen LogP contribution < -0.4 is 9.62 Å². The molecular weight excluding hydrogens is 410 g/mol. The van der Waals surface area contributed by atoms with Gasteiger partial charge in [-0.15, -0.1) is 10.2 Å². The van der Waals surface area contributed by atoms with Crippen LogP contribution in [0.2, 0.25) is 0 Å². The molecule has 0 aliphatic carbocycles. The Hall–Kier alpha value is -2.97. The van der Waals surface area contributed by atoms with Gasteiger partial charge < -0.3 is 9.80 Å². The van der Waals surface area contributed by atoms with Crippen molar-refractivity contribution in [3.63, 3.8) is 0 Å². The second kappa shape index (κ2) is 8.64. The van der Waals surface area contributed by atoms with Gasteiger partial charge in [0, 0.05) is 37.4 Å². The quantitative estimate of drug-likeness (QED) is 0.660. The molecule has 2 aromatic carbocycles. The molecule has 1 N–H and O–H groups in total. The minimum atomic E-state index is -3.64. The molecular formula is C23H27N5O2S. The fraction of sp³-hybridized carbons (Fsp3) is 0.304. The van der Waals surface area contributed by atoms with Gasteiger partial charge >= 0.3 is 0 Å². The second-order valence-electron chi connectivity index (χ2n) is 8.00. The number of aryl methyl sites for hydroxylation is 2. The molecule has 1 aromatic heterocycles. The summed E-state index contributed by atoms with van der Waals surface area (Å²) in [5, 5.41) is 8.76. The standard InChI is InChI=1S/C23H27N5O2S/c1-17-4-9-21(16-18(17)2)31(29,30)26-20-7-5-19(6-8-20)22-10-11-23(25-24-22)28-14-12-27(3)13-15-28/h4-11,16,26H,12-15H2,1-3H3. The monoisotopic (exact) mass is 437 g/mol. The third kappa shape index (κ3) is 4.86. The largest absolute Gasteiger partial charge is 0.353 e. The maximum Gasteiger partial charge on any atom is 0.261 e. The van der Waals surface area contributed by atoms with Crippen molar-refractivity contribution in [2.45, 2.75) is 18.7 Å². The maximum atomic E-state index is 12.7. The van der Waals surface area contributed by atoms with Crippen molar-refractivity contribution in [2.75, 3.05) is 42.8 Å². The first-order valence-corrected chi connectivity index (χ1v) is 11.8. The maximum absolute atomic E-state index is 12.7. The number of nitrogens with zero attached hydrogens (tertiary/aromatic N) is 4. The molecule has 0 atom stereocenters. The Morgan fingerprint density at radius 2 is 1.55 bits per heavy atom. The molecule has 4 rings (SSSR count). The number of benzene rings is 2. The van der Waals surface area contributed by atoms with Gasteiger partial charge in [-0.25, -0.2) is 8.42 Å². The van der Waals surface area contributed by atoms with Crippen LogP contribution in [0, 0.1) is 13.8 Å². The van der Waals surface area contributed by atoms with Crippen molar-refractivity contribution in [1.82, 2.24) is 15.1 Å². The molecule has 1 fully saturated rings. The molecule has 31 heavy (non-hydrogen) atoms. The summed E-state index contributed by atoms with van der Waals surface area (Å²) in [5.74, 6) is 0.884. The van der Waals surface area contributed by atoms with Crippen molar-refractivity contribution in [3.05, 3.63) is 65.7 Å². The lowest BCUT2D eigenvalue weighted by Gasteiger charge is -2.32. The first kappa shape index (κ1) is 21.3. The summed E-state index contributed by atoms with van der Waals surface area (Å²) in [6.07, 6.45) is 0. The summed E-state index contributed by atoms with van der Waals surface area (Å²) in [6.45, 7) is 7.78. The van der Waals surface area contributed by atoms with Gasteiger partial charge in [0.2, 0.25) is 0 Å². The van der Waals surface area contributed by atoms with Gasteiger partial charge in [-0.05, 0) is 68.4 Å². The van der Waals surface area contributed by atoms with Crippen LogP contribution in [0.1, 0.15) is 11.1 Å². The van der Waals surface area contributed by atoms with Crippen LogP contribution in [0.15, 0.2) is 59.5 Å². The summed E-state index contributed by atoms with van der Waals surface area (Å²) in [6, 6.07) is 16.2. The molecule has 162 valence electrons. The van der Waals surface area contributed by atoms with Crippen molar-refractivity contribution in [2.24, 2.45) is 0 Å². The molecule has 0 spiro atoms. The number of likely N-dealkylation sites (N-methyl/N-ethyl adjacent to an activating group) is 1. The van der Waals surface area contributed by atoms with Crippen LogP contribution in [-0.4, -0.2) is 56.7 Å². The first-order chi connectivity index (χ1) is 14.8. The van der Waals surface area contributed by atoms with Gasteiger partial charge in [-0.2, -0.15) is 0 Å². The molecule has 1 aliphatic rings. The van der Waals surface area contributed by atoms with Crippen molar-refractivity contribution in [1.29, 1.82) is 0 Å². The lowest BCUT2D eigenvalue weighted by atomic mass is 10.1. The van der Waals surface area contributed by atoms with E-state index in [4.69, 9.17) is 0 Å². The molecule has 2 heterocycles. The predicted octanol–water partition coefficient (Wildman–Crippen LogP) is 3.31. The van der Waals surface area contributed by atoms with Gasteiger partial charge in [-0.1, -0.05) is 18.2 Å². The summed E-state index contributed by atoms with van der Waals surface area (Å²) in [5.41, 5.74) is 4.14. The Morgan fingerprint density at radius 3 is 2.16 bits per heavy atom. The van der Waals surface area contributed by atoms with Crippen LogP contribution in [-0.2, 0) is 10.0 Å². The van der Waals surface area contributed by atoms with Crippen LogP contribution in [0.3, 0.4) is 0 Å². The number of rotatable bonds is 5. The summed E-state index contributed by atoms with van der Waals surface area (Å²) in [7, 11) is -1.52. The number of anilines is 2. The normalized spacial score (nSPS) is 15.1. The summed E-state index contributed by atoms with van der Waals surface area (Å²) >= 11 is 0. The Balaban J connectivity index is 1.46. The molecule has 0 saturated carbocycles. The van der Waals surface area contributed by atoms with E-state index in [1.807, 2.05) is 44.2 Å². The van der Waals surface area contributed by atoms with Crippen molar-refractivity contribution >= 4 is 21.5 Å². The first-order valence-electron chi connectivity index (χ1n) is 10.3. The Kier molecular flexibility index (Phi) is 5.93. The highest BCUT2D eigenvalue weighted by molar-refractivity contribution is 7.92. The zero-order valence-corrected chi connectivity index (χ0v) is 18.9. The molecule has 0 radical (unpaired) electrons. The number of aromatic nitrogens is 2. The van der Waals surface area contributed by atoms with E-state index in [0.717, 1.165) is 54.4 Å². The van der Waals surface area contributed by atoms with Gasteiger partial charge in [0.05, 0.1) is 10.6 Å². The third-order valence-electron chi connectivity index (χ3n) is 5.70. The lowest BCUT2D eigenvalue weighted by molar-refractivity contribution is 0.312. The zero-order valence-electron chi connectivity index (χ0n) is 18.0. The average Bonchev–Trinajstić information content (AvgIpc) is 2.76. The second-order valence-corrected chi connectivity index (χ2v) is 9.68. The Labute approximate surface area is 183 Å². The van der Waals surface area contributed by atoms with E-state index >= 15 is 0 Å². The minimum Gasteiger partial charge on any atom is -0.353 e. The fourth-order valence-electron chi connectivity index (χ4n) is 3.49. The highest BCUT2D eigenvalue weighted by Gasteiger charge is 2.17. The van der Waals surface area contributed by atoms with Gasteiger partial charge in [0.1, 0.15) is 0 Å². The highest BCUT2D eigenvalue weighted by Crippen LogP contribution is 2.23. The van der Waals surface area contributed by atoms with Gasteiger partial charge in [0.25, 0.3) is 10.0 Å². The number of hydrogen-bond acceptors (Lipinski definition) is 6. The summed E-state index contributed by atoms with van der Waals surface area (Å²) in [4.78, 5) is 4.79. The Bertz CT molecular complexity index is 1150. The molecule has 3 aromatic rings. The number of sulfonamides is 1. The Morgan fingerprint density at radius 1 is 0.839 bits per heavy atom. The van der Waals surface area contributed by atoms with Crippen molar-refractivity contribution in [3.8, 4) is 11.3 Å². The third-order valence-corrected chi connectivity index (χ3v) is 7.08. The van der Waals surface area contributed by atoms with E-state index in [-0.39, 0.29) is 4.90 Å². The zero-order chi connectivity index (χ0) is 22.0. The van der Waals surface area contributed by atoms with E-state index in [0.29, 0.717) is 5.69 Å². The van der Waals surface area contributed by atoms with Crippen molar-refractivity contribution < 1.29 is 8.42 Å². The molecule has 0 unspecified atom stereocenters.